The summed E-state index contributed by atoms with van der Waals surface area (Å²) in [6.07, 6.45) is 1.12. The first-order valence-corrected chi connectivity index (χ1v) is 6.89. The fraction of sp³-hybridized carbons (Fsp3) is 0.455. The summed E-state index contributed by atoms with van der Waals surface area (Å²) < 4.78 is 27.9. The van der Waals surface area contributed by atoms with Crippen molar-refractivity contribution in [2.24, 2.45) is 0 Å². The number of hydrogen-bond acceptors (Lipinski definition) is 4. The molecule has 1 aromatic rings. The monoisotopic (exact) mass is 244 g/mol. The fourth-order valence-electron chi connectivity index (χ4n) is 1.63. The first kappa shape index (κ1) is 13.2. The van der Waals surface area contributed by atoms with E-state index < -0.39 is 15.4 Å². The van der Waals surface area contributed by atoms with Gasteiger partial charge in [0.15, 0.2) is 9.84 Å². The molecule has 0 radical (unpaired) electrons. The van der Waals surface area contributed by atoms with Gasteiger partial charge < -0.3 is 9.84 Å². The Kier molecular flexibility index (Phi) is 4.07. The molecule has 0 aliphatic carbocycles. The maximum Gasteiger partial charge on any atom is 0.150 e. The van der Waals surface area contributed by atoms with E-state index in [0.717, 1.165) is 6.26 Å². The fourth-order valence-corrected chi connectivity index (χ4v) is 2.85. The van der Waals surface area contributed by atoms with E-state index in [1.807, 2.05) is 6.07 Å². The molecule has 0 fully saturated rings. The van der Waals surface area contributed by atoms with Crippen LogP contribution in [0, 0.1) is 0 Å². The molecule has 0 saturated carbocycles. The highest BCUT2D eigenvalue weighted by Gasteiger charge is 2.35. The van der Waals surface area contributed by atoms with E-state index in [2.05, 4.69) is 0 Å². The largest absolute Gasteiger partial charge is 0.393 e. The van der Waals surface area contributed by atoms with E-state index in [1.54, 1.807) is 24.3 Å². The molecule has 0 aromatic heterocycles. The van der Waals surface area contributed by atoms with E-state index in [1.165, 1.54) is 7.11 Å². The summed E-state index contributed by atoms with van der Waals surface area (Å²) in [6, 6.07) is 8.86. The second kappa shape index (κ2) is 4.95. The Morgan fingerprint density at radius 3 is 2.25 bits per heavy atom. The van der Waals surface area contributed by atoms with Gasteiger partial charge in [0.05, 0.1) is 12.4 Å². The molecule has 0 aliphatic heterocycles. The van der Waals surface area contributed by atoms with Crippen molar-refractivity contribution in [1.29, 1.82) is 0 Å². The van der Waals surface area contributed by atoms with Gasteiger partial charge >= 0.3 is 0 Å². The Bertz CT molecular complexity index is 421. The second-order valence-electron chi connectivity index (χ2n) is 3.79. The number of sulfone groups is 1. The normalized spacial score (nSPS) is 15.7. The number of aliphatic hydroxyl groups is 1. The molecule has 0 aliphatic rings. The van der Waals surface area contributed by atoms with Crippen molar-refractivity contribution < 1.29 is 18.3 Å². The van der Waals surface area contributed by atoms with Gasteiger partial charge in [0, 0.05) is 13.4 Å². The first-order valence-electron chi connectivity index (χ1n) is 4.83. The molecule has 1 aromatic carbocycles. The van der Waals surface area contributed by atoms with Crippen molar-refractivity contribution in [3.05, 3.63) is 35.9 Å². The number of ether oxygens (including phenoxy) is 1. The van der Waals surface area contributed by atoms with Gasteiger partial charge in [-0.2, -0.15) is 0 Å². The van der Waals surface area contributed by atoms with Gasteiger partial charge in [-0.05, 0) is 5.56 Å². The molecule has 0 heterocycles. The SMILES string of the molecule is COC(CO)(CS(C)(=O)=O)c1ccccc1. The van der Waals surface area contributed by atoms with Gasteiger partial charge in [0.25, 0.3) is 0 Å². The molecule has 4 nitrogen and oxygen atoms in total. The van der Waals surface area contributed by atoms with E-state index in [4.69, 9.17) is 4.74 Å². The summed E-state index contributed by atoms with van der Waals surface area (Å²) in [5.74, 6) is -0.239. The van der Waals surface area contributed by atoms with Crippen LogP contribution in [0.25, 0.3) is 0 Å². The number of rotatable bonds is 5. The third-order valence-corrected chi connectivity index (χ3v) is 3.43. The summed E-state index contributed by atoms with van der Waals surface area (Å²) in [5.41, 5.74) is -0.514. The zero-order chi connectivity index (χ0) is 12.2. The molecule has 1 unspecified atom stereocenters. The number of hydrogen-bond donors (Lipinski definition) is 1. The lowest BCUT2D eigenvalue weighted by atomic mass is 9.97. The molecule has 1 N–H and O–H groups in total. The predicted molar refractivity (Wildman–Crippen MR) is 61.9 cm³/mol. The van der Waals surface area contributed by atoms with E-state index in [9.17, 15) is 13.5 Å². The molecule has 0 spiro atoms. The molecule has 0 bridgehead atoms. The summed E-state index contributed by atoms with van der Waals surface area (Å²) in [5, 5.41) is 9.40. The average molecular weight is 244 g/mol. The third kappa shape index (κ3) is 3.04. The summed E-state index contributed by atoms with van der Waals surface area (Å²) in [6.45, 7) is -0.374. The molecule has 1 rings (SSSR count). The minimum absolute atomic E-state index is 0.239. The molecule has 1 atom stereocenters. The molecule has 0 amide bonds. The Morgan fingerprint density at radius 1 is 1.31 bits per heavy atom. The van der Waals surface area contributed by atoms with Crippen LogP contribution in [0.4, 0.5) is 0 Å². The Hall–Kier alpha value is -0.910. The van der Waals surface area contributed by atoms with Crippen molar-refractivity contribution in [2.75, 3.05) is 25.7 Å². The summed E-state index contributed by atoms with van der Waals surface area (Å²) in [4.78, 5) is 0. The van der Waals surface area contributed by atoms with Crippen LogP contribution in [0.2, 0.25) is 0 Å². The van der Waals surface area contributed by atoms with E-state index >= 15 is 0 Å². The lowest BCUT2D eigenvalue weighted by Gasteiger charge is -2.30. The first-order chi connectivity index (χ1) is 7.43. The Morgan fingerprint density at radius 2 is 1.88 bits per heavy atom. The zero-order valence-electron chi connectivity index (χ0n) is 9.38. The minimum Gasteiger partial charge on any atom is -0.393 e. The quantitative estimate of drug-likeness (QED) is 0.822. The van der Waals surface area contributed by atoms with Gasteiger partial charge in [-0.1, -0.05) is 30.3 Å². The van der Waals surface area contributed by atoms with Crippen molar-refractivity contribution >= 4 is 9.84 Å². The molecule has 16 heavy (non-hydrogen) atoms. The summed E-state index contributed by atoms with van der Waals surface area (Å²) in [7, 11) is -1.84. The average Bonchev–Trinajstić information content (AvgIpc) is 2.26. The van der Waals surface area contributed by atoms with Crippen LogP contribution in [0.3, 0.4) is 0 Å². The van der Waals surface area contributed by atoms with Crippen LogP contribution < -0.4 is 0 Å². The Labute approximate surface area is 95.8 Å². The maximum absolute atomic E-state index is 11.3. The van der Waals surface area contributed by atoms with Crippen LogP contribution in [0.5, 0.6) is 0 Å². The molecule has 0 saturated heterocycles. The van der Waals surface area contributed by atoms with Gasteiger partial charge in [-0.15, -0.1) is 0 Å². The van der Waals surface area contributed by atoms with Gasteiger partial charge in [-0.25, -0.2) is 8.42 Å². The third-order valence-electron chi connectivity index (χ3n) is 2.44. The van der Waals surface area contributed by atoms with Gasteiger partial charge in [0.2, 0.25) is 0 Å². The second-order valence-corrected chi connectivity index (χ2v) is 5.93. The Balaban J connectivity index is 3.16. The minimum atomic E-state index is -3.24. The standard InChI is InChI=1S/C11H16O4S/c1-15-11(8-12,9-16(2,13)14)10-6-4-3-5-7-10/h3-7,12H,8-9H2,1-2H3. The number of benzene rings is 1. The van der Waals surface area contributed by atoms with Crippen LogP contribution >= 0.6 is 0 Å². The van der Waals surface area contributed by atoms with Crippen LogP contribution in [-0.4, -0.2) is 39.2 Å². The van der Waals surface area contributed by atoms with E-state index in [0.29, 0.717) is 5.56 Å². The zero-order valence-corrected chi connectivity index (χ0v) is 10.2. The number of methoxy groups -OCH3 is 1. The smallest absolute Gasteiger partial charge is 0.150 e. The highest BCUT2D eigenvalue weighted by Crippen LogP contribution is 2.26. The predicted octanol–water partition coefficient (Wildman–Crippen LogP) is 0.565. The lowest BCUT2D eigenvalue weighted by Crippen LogP contribution is -2.39. The van der Waals surface area contributed by atoms with Crippen LogP contribution in [-0.2, 0) is 20.2 Å². The van der Waals surface area contributed by atoms with Crippen LogP contribution in [0.15, 0.2) is 30.3 Å². The van der Waals surface area contributed by atoms with Crippen molar-refractivity contribution in [1.82, 2.24) is 0 Å². The molecular weight excluding hydrogens is 228 g/mol. The van der Waals surface area contributed by atoms with Gasteiger partial charge in [-0.3, -0.25) is 0 Å². The molecule has 90 valence electrons. The van der Waals surface area contributed by atoms with Crippen LogP contribution in [0.1, 0.15) is 5.56 Å². The van der Waals surface area contributed by atoms with Crippen molar-refractivity contribution in [3.63, 3.8) is 0 Å². The number of aliphatic hydroxyl groups excluding tert-OH is 1. The highest BCUT2D eigenvalue weighted by atomic mass is 32.2. The van der Waals surface area contributed by atoms with Crippen molar-refractivity contribution in [3.8, 4) is 0 Å². The lowest BCUT2D eigenvalue weighted by molar-refractivity contribution is -0.0392. The topological polar surface area (TPSA) is 63.6 Å². The molecule has 5 heteroatoms. The van der Waals surface area contributed by atoms with Crippen molar-refractivity contribution in [2.45, 2.75) is 5.60 Å². The highest BCUT2D eigenvalue weighted by molar-refractivity contribution is 7.90. The summed E-state index contributed by atoms with van der Waals surface area (Å²) >= 11 is 0. The van der Waals surface area contributed by atoms with E-state index in [-0.39, 0.29) is 12.4 Å². The molecular formula is C11H16O4S. The van der Waals surface area contributed by atoms with Gasteiger partial charge in [0.1, 0.15) is 5.60 Å². The maximum atomic E-state index is 11.3.